The first kappa shape index (κ1) is 11.5. The first-order valence-corrected chi connectivity index (χ1v) is 6.65. The van der Waals surface area contributed by atoms with Gasteiger partial charge in [-0.25, -0.2) is 0 Å². The third kappa shape index (κ3) is 1.86. The van der Waals surface area contributed by atoms with Crippen molar-refractivity contribution in [2.75, 3.05) is 13.1 Å². The fourth-order valence-corrected chi connectivity index (χ4v) is 3.03. The third-order valence-corrected chi connectivity index (χ3v) is 3.87. The van der Waals surface area contributed by atoms with E-state index in [0.29, 0.717) is 5.92 Å². The van der Waals surface area contributed by atoms with Crippen LogP contribution in [0.1, 0.15) is 30.0 Å². The van der Waals surface area contributed by atoms with Crippen molar-refractivity contribution in [3.63, 3.8) is 0 Å². The van der Waals surface area contributed by atoms with E-state index in [1.807, 2.05) is 12.3 Å². The molecule has 1 fully saturated rings. The number of aryl methyl sites for hydroxylation is 1. The maximum atomic E-state index is 4.69. The maximum Gasteiger partial charge on any atom is 0.112 e. The van der Waals surface area contributed by atoms with Crippen molar-refractivity contribution in [1.82, 2.24) is 20.1 Å². The van der Waals surface area contributed by atoms with Crippen LogP contribution in [-0.4, -0.2) is 27.9 Å². The Morgan fingerprint density at radius 3 is 3.00 bits per heavy atom. The average Bonchev–Trinajstić information content (AvgIpc) is 2.99. The van der Waals surface area contributed by atoms with E-state index >= 15 is 0 Å². The molecule has 96 valence electrons. The van der Waals surface area contributed by atoms with Gasteiger partial charge in [-0.2, -0.15) is 5.10 Å². The van der Waals surface area contributed by atoms with Crippen LogP contribution in [0.4, 0.5) is 0 Å². The Hall–Kier alpha value is -1.55. The molecule has 1 aliphatic heterocycles. The lowest BCUT2D eigenvalue weighted by Crippen LogP contribution is -2.29. The van der Waals surface area contributed by atoms with Crippen LogP contribution < -0.4 is 5.32 Å². The van der Waals surface area contributed by atoms with E-state index in [0.717, 1.165) is 24.5 Å². The second-order valence-electron chi connectivity index (χ2n) is 5.11. The second kappa shape index (κ2) is 4.61. The largest absolute Gasteiger partial charge is 0.360 e. The molecule has 2 aromatic heterocycles. The number of nitrogens with zero attached hydrogens (tertiary/aromatic N) is 2. The summed E-state index contributed by atoms with van der Waals surface area (Å²) in [7, 11) is 2.06. The third-order valence-electron chi connectivity index (χ3n) is 3.87. The zero-order valence-electron chi connectivity index (χ0n) is 11.0. The first-order valence-electron chi connectivity index (χ1n) is 6.65. The van der Waals surface area contributed by atoms with Crippen molar-refractivity contribution < 1.29 is 0 Å². The van der Waals surface area contributed by atoms with Crippen LogP contribution in [0.3, 0.4) is 0 Å². The van der Waals surface area contributed by atoms with Gasteiger partial charge in [-0.05, 0) is 38.4 Å². The van der Waals surface area contributed by atoms with Crippen LogP contribution in [0, 0.1) is 6.92 Å². The van der Waals surface area contributed by atoms with E-state index in [1.54, 1.807) is 0 Å². The first-order chi connectivity index (χ1) is 8.77. The fourth-order valence-electron chi connectivity index (χ4n) is 3.03. The molecule has 0 aromatic carbocycles. The lowest BCUT2D eigenvalue weighted by Gasteiger charge is -2.23. The highest BCUT2D eigenvalue weighted by atomic mass is 15.3. The monoisotopic (exact) mass is 244 g/mol. The molecule has 0 spiro atoms. The number of piperidine rings is 1. The summed E-state index contributed by atoms with van der Waals surface area (Å²) >= 11 is 0. The van der Waals surface area contributed by atoms with Gasteiger partial charge in [0.2, 0.25) is 0 Å². The van der Waals surface area contributed by atoms with E-state index in [-0.39, 0.29) is 0 Å². The van der Waals surface area contributed by atoms with Gasteiger partial charge in [0.1, 0.15) is 5.69 Å². The highest BCUT2D eigenvalue weighted by Crippen LogP contribution is 2.31. The zero-order valence-corrected chi connectivity index (χ0v) is 11.0. The van der Waals surface area contributed by atoms with Crippen LogP contribution in [0.2, 0.25) is 0 Å². The van der Waals surface area contributed by atoms with Gasteiger partial charge in [0.25, 0.3) is 0 Å². The Kier molecular flexibility index (Phi) is 2.96. The smallest absolute Gasteiger partial charge is 0.112 e. The highest BCUT2D eigenvalue weighted by molar-refractivity contribution is 5.60. The van der Waals surface area contributed by atoms with Gasteiger partial charge < -0.3 is 10.3 Å². The van der Waals surface area contributed by atoms with Gasteiger partial charge >= 0.3 is 0 Å². The van der Waals surface area contributed by atoms with E-state index in [1.165, 1.54) is 24.1 Å². The standard InChI is InChI=1S/C14H20N4/c1-10-13(12-6-4-8-16-12)17-18(2)14(10)11-5-3-7-15-9-11/h4,6,8,11,15-16H,3,5,7,9H2,1-2H3. The molecule has 4 heteroatoms. The lowest BCUT2D eigenvalue weighted by atomic mass is 9.93. The molecule has 3 heterocycles. The number of hydrogen-bond donors (Lipinski definition) is 2. The van der Waals surface area contributed by atoms with Gasteiger partial charge in [-0.3, -0.25) is 4.68 Å². The molecule has 0 aliphatic carbocycles. The Bertz CT molecular complexity index is 518. The minimum absolute atomic E-state index is 0.597. The molecule has 1 aliphatic rings. The summed E-state index contributed by atoms with van der Waals surface area (Å²) in [5, 5.41) is 8.17. The summed E-state index contributed by atoms with van der Waals surface area (Å²) < 4.78 is 2.06. The topological polar surface area (TPSA) is 45.6 Å². The summed E-state index contributed by atoms with van der Waals surface area (Å²) in [6, 6.07) is 4.10. The SMILES string of the molecule is Cc1c(-c2ccc[nH]2)nn(C)c1C1CCCNC1. The molecule has 0 radical (unpaired) electrons. The summed E-state index contributed by atoms with van der Waals surface area (Å²) in [6.07, 6.45) is 4.47. The van der Waals surface area contributed by atoms with E-state index < -0.39 is 0 Å². The molecule has 0 amide bonds. The predicted octanol–water partition coefficient (Wildman–Crippen LogP) is 2.19. The quantitative estimate of drug-likeness (QED) is 0.850. The predicted molar refractivity (Wildman–Crippen MR) is 72.6 cm³/mol. The van der Waals surface area contributed by atoms with E-state index in [4.69, 9.17) is 0 Å². The minimum Gasteiger partial charge on any atom is -0.360 e. The summed E-state index contributed by atoms with van der Waals surface area (Å²) in [5.41, 5.74) is 4.89. The Morgan fingerprint density at radius 1 is 1.44 bits per heavy atom. The number of aromatic amines is 1. The normalized spacial score (nSPS) is 20.2. The molecule has 0 bridgehead atoms. The van der Waals surface area contributed by atoms with Crippen molar-refractivity contribution in [3.05, 3.63) is 29.6 Å². The van der Waals surface area contributed by atoms with Gasteiger partial charge in [0, 0.05) is 37.0 Å². The Labute approximate surface area is 107 Å². The van der Waals surface area contributed by atoms with Crippen molar-refractivity contribution >= 4 is 0 Å². The number of aromatic nitrogens is 3. The second-order valence-corrected chi connectivity index (χ2v) is 5.11. The molecular weight excluding hydrogens is 224 g/mol. The fraction of sp³-hybridized carbons (Fsp3) is 0.500. The van der Waals surface area contributed by atoms with Crippen molar-refractivity contribution in [3.8, 4) is 11.4 Å². The highest BCUT2D eigenvalue weighted by Gasteiger charge is 2.23. The number of H-pyrrole nitrogens is 1. The van der Waals surface area contributed by atoms with Gasteiger partial charge in [0.15, 0.2) is 0 Å². The molecular formula is C14H20N4. The minimum atomic E-state index is 0.597. The van der Waals surface area contributed by atoms with Crippen LogP contribution in [-0.2, 0) is 7.05 Å². The van der Waals surface area contributed by atoms with Crippen molar-refractivity contribution in [2.45, 2.75) is 25.7 Å². The van der Waals surface area contributed by atoms with Crippen LogP contribution >= 0.6 is 0 Å². The number of rotatable bonds is 2. The average molecular weight is 244 g/mol. The molecule has 4 nitrogen and oxygen atoms in total. The Morgan fingerprint density at radius 2 is 2.33 bits per heavy atom. The summed E-state index contributed by atoms with van der Waals surface area (Å²) in [6.45, 7) is 4.41. The van der Waals surface area contributed by atoms with Crippen molar-refractivity contribution in [1.29, 1.82) is 0 Å². The van der Waals surface area contributed by atoms with Crippen LogP contribution in [0.25, 0.3) is 11.4 Å². The Balaban J connectivity index is 2.00. The molecule has 18 heavy (non-hydrogen) atoms. The van der Waals surface area contributed by atoms with Gasteiger partial charge in [-0.15, -0.1) is 0 Å². The van der Waals surface area contributed by atoms with Gasteiger partial charge in [-0.1, -0.05) is 0 Å². The van der Waals surface area contributed by atoms with Crippen molar-refractivity contribution in [2.24, 2.45) is 7.05 Å². The van der Waals surface area contributed by atoms with Gasteiger partial charge in [0.05, 0.1) is 5.69 Å². The summed E-state index contributed by atoms with van der Waals surface area (Å²) in [4.78, 5) is 3.25. The molecule has 1 unspecified atom stereocenters. The lowest BCUT2D eigenvalue weighted by molar-refractivity contribution is 0.440. The zero-order chi connectivity index (χ0) is 12.5. The summed E-state index contributed by atoms with van der Waals surface area (Å²) in [5.74, 6) is 0.597. The molecule has 1 atom stereocenters. The van der Waals surface area contributed by atoms with Crippen LogP contribution in [0.15, 0.2) is 18.3 Å². The molecule has 0 saturated carbocycles. The molecule has 2 aromatic rings. The number of nitrogens with one attached hydrogen (secondary N) is 2. The van der Waals surface area contributed by atoms with Crippen LogP contribution in [0.5, 0.6) is 0 Å². The van der Waals surface area contributed by atoms with E-state index in [2.05, 4.69) is 40.1 Å². The molecule has 1 saturated heterocycles. The number of hydrogen-bond acceptors (Lipinski definition) is 2. The molecule has 3 rings (SSSR count). The maximum absolute atomic E-state index is 4.69. The molecule has 2 N–H and O–H groups in total. The van der Waals surface area contributed by atoms with E-state index in [9.17, 15) is 0 Å².